The molecule has 0 aromatic carbocycles. The molecule has 14 heavy (non-hydrogen) atoms. The molecule has 2 nitrogen and oxygen atoms in total. The molecule has 1 aliphatic carbocycles. The number of nitrogens with zero attached hydrogens (tertiary/aromatic N) is 1. The fourth-order valence-corrected chi connectivity index (χ4v) is 1.42. The van der Waals surface area contributed by atoms with Gasteiger partial charge in [0.2, 0.25) is 0 Å². The van der Waals surface area contributed by atoms with Gasteiger partial charge in [0, 0.05) is 18.9 Å². The molecule has 0 spiro atoms. The standard InChI is InChI=1S/C12H15NO/c13-10-6-1-2-7-11-14-12-8-4-3-5-9-12/h4,8,12H,2-3,5,7,9,11H2. The summed E-state index contributed by atoms with van der Waals surface area (Å²) in [5.74, 6) is 5.14. The van der Waals surface area contributed by atoms with Crippen LogP contribution in [0, 0.1) is 23.2 Å². The first-order valence-corrected chi connectivity index (χ1v) is 5.08. The van der Waals surface area contributed by atoms with Gasteiger partial charge in [0.05, 0.1) is 6.10 Å². The summed E-state index contributed by atoms with van der Waals surface area (Å²) in [4.78, 5) is 0. The molecular formula is C12H15NO. The van der Waals surface area contributed by atoms with Crippen LogP contribution in [0.25, 0.3) is 0 Å². The molecule has 0 fully saturated rings. The summed E-state index contributed by atoms with van der Waals surface area (Å²) in [6.07, 6.45) is 9.87. The summed E-state index contributed by atoms with van der Waals surface area (Å²) in [7, 11) is 0. The van der Waals surface area contributed by atoms with E-state index in [1.165, 1.54) is 12.8 Å². The molecule has 0 amide bonds. The van der Waals surface area contributed by atoms with Crippen LogP contribution in [0.4, 0.5) is 0 Å². The largest absolute Gasteiger partial charge is 0.374 e. The van der Waals surface area contributed by atoms with Crippen LogP contribution >= 0.6 is 0 Å². The van der Waals surface area contributed by atoms with Gasteiger partial charge in [-0.1, -0.05) is 18.1 Å². The summed E-state index contributed by atoms with van der Waals surface area (Å²) in [5, 5.41) is 8.16. The quantitative estimate of drug-likeness (QED) is 0.386. The maximum absolute atomic E-state index is 8.16. The predicted molar refractivity (Wildman–Crippen MR) is 55.4 cm³/mol. The zero-order valence-electron chi connectivity index (χ0n) is 8.33. The number of nitriles is 1. The summed E-state index contributed by atoms with van der Waals surface area (Å²) in [6.45, 7) is 0.745. The van der Waals surface area contributed by atoms with Crippen LogP contribution in [-0.4, -0.2) is 12.7 Å². The van der Waals surface area contributed by atoms with Gasteiger partial charge >= 0.3 is 0 Å². The number of hydrogen-bond donors (Lipinski definition) is 0. The van der Waals surface area contributed by atoms with Crippen molar-refractivity contribution in [3.8, 4) is 17.9 Å². The Morgan fingerprint density at radius 1 is 1.50 bits per heavy atom. The normalized spacial score (nSPS) is 19.5. The minimum absolute atomic E-state index is 0.313. The van der Waals surface area contributed by atoms with Gasteiger partial charge in [-0.2, -0.15) is 5.26 Å². The van der Waals surface area contributed by atoms with E-state index in [4.69, 9.17) is 10.00 Å². The van der Waals surface area contributed by atoms with E-state index in [-0.39, 0.29) is 0 Å². The van der Waals surface area contributed by atoms with Crippen molar-refractivity contribution in [2.24, 2.45) is 0 Å². The third-order valence-electron chi connectivity index (χ3n) is 2.13. The van der Waals surface area contributed by atoms with Crippen molar-refractivity contribution in [1.82, 2.24) is 0 Å². The van der Waals surface area contributed by atoms with Crippen LogP contribution in [0.3, 0.4) is 0 Å². The van der Waals surface area contributed by atoms with Gasteiger partial charge in [-0.25, -0.2) is 0 Å². The highest BCUT2D eigenvalue weighted by molar-refractivity contribution is 5.16. The van der Waals surface area contributed by atoms with Crippen molar-refractivity contribution in [1.29, 1.82) is 5.26 Å². The summed E-state index contributed by atoms with van der Waals surface area (Å²) >= 11 is 0. The summed E-state index contributed by atoms with van der Waals surface area (Å²) < 4.78 is 5.63. The van der Waals surface area contributed by atoms with Gasteiger partial charge in [-0.05, 0) is 25.7 Å². The van der Waals surface area contributed by atoms with Gasteiger partial charge in [-0.3, -0.25) is 0 Å². The van der Waals surface area contributed by atoms with Crippen molar-refractivity contribution in [3.63, 3.8) is 0 Å². The first-order chi connectivity index (χ1) is 6.93. The van der Waals surface area contributed by atoms with Crippen molar-refractivity contribution in [3.05, 3.63) is 12.2 Å². The van der Waals surface area contributed by atoms with Crippen molar-refractivity contribution >= 4 is 0 Å². The molecule has 0 heterocycles. The summed E-state index contributed by atoms with van der Waals surface area (Å²) in [6, 6.07) is 1.79. The van der Waals surface area contributed by atoms with E-state index >= 15 is 0 Å². The van der Waals surface area contributed by atoms with Gasteiger partial charge in [0.25, 0.3) is 0 Å². The topological polar surface area (TPSA) is 33.0 Å². The van der Waals surface area contributed by atoms with Crippen LogP contribution in [0.1, 0.15) is 32.1 Å². The zero-order valence-corrected chi connectivity index (χ0v) is 8.33. The molecule has 1 aliphatic rings. The Balaban J connectivity index is 2.01. The average Bonchev–Trinajstić information content (AvgIpc) is 2.25. The Bertz CT molecular complexity index is 277. The monoisotopic (exact) mass is 189 g/mol. The van der Waals surface area contributed by atoms with Crippen LogP contribution in [0.2, 0.25) is 0 Å². The Morgan fingerprint density at radius 3 is 3.14 bits per heavy atom. The van der Waals surface area contributed by atoms with Crippen LogP contribution in [-0.2, 0) is 4.74 Å². The van der Waals surface area contributed by atoms with E-state index in [1.54, 1.807) is 6.07 Å². The van der Waals surface area contributed by atoms with Crippen molar-refractivity contribution in [2.75, 3.05) is 6.61 Å². The minimum atomic E-state index is 0.313. The molecule has 1 atom stereocenters. The maximum atomic E-state index is 8.16. The van der Waals surface area contributed by atoms with E-state index in [9.17, 15) is 0 Å². The minimum Gasteiger partial charge on any atom is -0.374 e. The molecule has 0 N–H and O–H groups in total. The SMILES string of the molecule is N#CC#CCCCOC1C=CCCC1. The second-order valence-corrected chi connectivity index (χ2v) is 3.29. The fourth-order valence-electron chi connectivity index (χ4n) is 1.42. The average molecular weight is 189 g/mol. The molecule has 1 unspecified atom stereocenters. The first-order valence-electron chi connectivity index (χ1n) is 5.08. The van der Waals surface area contributed by atoms with E-state index in [1.807, 2.05) is 0 Å². The predicted octanol–water partition coefficient (Wildman–Crippen LogP) is 2.42. The Morgan fingerprint density at radius 2 is 2.43 bits per heavy atom. The molecule has 0 saturated heterocycles. The van der Waals surface area contributed by atoms with Gasteiger partial charge in [0.1, 0.15) is 0 Å². The molecule has 1 rings (SSSR count). The third kappa shape index (κ3) is 4.70. The van der Waals surface area contributed by atoms with Gasteiger partial charge in [0.15, 0.2) is 6.07 Å². The van der Waals surface area contributed by atoms with Crippen LogP contribution < -0.4 is 0 Å². The second kappa shape index (κ2) is 7.18. The highest BCUT2D eigenvalue weighted by atomic mass is 16.5. The number of ether oxygens (including phenoxy) is 1. The highest BCUT2D eigenvalue weighted by Crippen LogP contribution is 2.13. The zero-order chi connectivity index (χ0) is 10.1. The molecule has 0 bridgehead atoms. The first kappa shape index (κ1) is 10.8. The Labute approximate surface area is 85.6 Å². The van der Waals surface area contributed by atoms with Crippen LogP contribution in [0.5, 0.6) is 0 Å². The molecule has 2 heteroatoms. The fraction of sp³-hybridized carbons (Fsp3) is 0.583. The van der Waals surface area contributed by atoms with Gasteiger partial charge in [-0.15, -0.1) is 0 Å². The molecule has 0 aromatic heterocycles. The van der Waals surface area contributed by atoms with E-state index in [0.29, 0.717) is 6.10 Å². The number of unbranched alkanes of at least 4 members (excludes halogenated alkanes) is 1. The lowest BCUT2D eigenvalue weighted by molar-refractivity contribution is 0.0743. The molecule has 0 saturated carbocycles. The molecule has 0 aromatic rings. The third-order valence-corrected chi connectivity index (χ3v) is 2.13. The summed E-state index contributed by atoms with van der Waals surface area (Å²) in [5.41, 5.74) is 0. The Kier molecular flexibility index (Phi) is 5.56. The van der Waals surface area contributed by atoms with E-state index in [0.717, 1.165) is 25.9 Å². The van der Waals surface area contributed by atoms with Crippen molar-refractivity contribution < 1.29 is 4.74 Å². The molecule has 0 aliphatic heterocycles. The lowest BCUT2D eigenvalue weighted by Crippen LogP contribution is -2.12. The number of rotatable bonds is 4. The Hall–Kier alpha value is -1.25. The lowest BCUT2D eigenvalue weighted by atomic mass is 10.1. The van der Waals surface area contributed by atoms with E-state index < -0.39 is 0 Å². The van der Waals surface area contributed by atoms with E-state index in [2.05, 4.69) is 24.0 Å². The maximum Gasteiger partial charge on any atom is 0.152 e. The van der Waals surface area contributed by atoms with Crippen LogP contribution in [0.15, 0.2) is 12.2 Å². The molecular weight excluding hydrogens is 174 g/mol. The number of hydrogen-bond acceptors (Lipinski definition) is 2. The lowest BCUT2D eigenvalue weighted by Gasteiger charge is -2.16. The smallest absolute Gasteiger partial charge is 0.152 e. The van der Waals surface area contributed by atoms with Crippen molar-refractivity contribution in [2.45, 2.75) is 38.2 Å². The number of allylic oxidation sites excluding steroid dienone is 1. The molecule has 74 valence electrons. The highest BCUT2D eigenvalue weighted by Gasteiger charge is 2.07. The van der Waals surface area contributed by atoms with Gasteiger partial charge < -0.3 is 4.74 Å². The molecule has 0 radical (unpaired) electrons. The second-order valence-electron chi connectivity index (χ2n) is 3.29.